The molecule has 136 valence electrons. The largest absolute Gasteiger partial charge is 0.373 e. The Morgan fingerprint density at radius 3 is 2.28 bits per heavy atom. The SMILES string of the molecule is CCn1c(-c2c(F)cccc2F)c(C(C)(OC)C(C)C)cc(Cl)c1=O. The lowest BCUT2D eigenvalue weighted by atomic mass is 9.82. The Kier molecular flexibility index (Phi) is 5.69. The van der Waals surface area contributed by atoms with E-state index in [1.165, 1.54) is 35.9 Å². The summed E-state index contributed by atoms with van der Waals surface area (Å²) in [7, 11) is 1.52. The first-order valence-electron chi connectivity index (χ1n) is 8.12. The third-order valence-electron chi connectivity index (χ3n) is 4.82. The van der Waals surface area contributed by atoms with Crippen LogP contribution in [0.1, 0.15) is 33.3 Å². The quantitative estimate of drug-likeness (QED) is 0.743. The standard InChI is InChI=1S/C19H22ClF2NO2/c1-6-23-17(16-14(21)8-7-9-15(16)22)12(10-13(20)18(23)24)19(4,25-5)11(2)3/h7-11H,6H2,1-5H3. The van der Waals surface area contributed by atoms with Crippen LogP contribution in [0.3, 0.4) is 0 Å². The normalized spacial score (nSPS) is 14.0. The first-order valence-corrected chi connectivity index (χ1v) is 8.50. The minimum absolute atomic E-state index is 0.0127. The topological polar surface area (TPSA) is 31.2 Å². The summed E-state index contributed by atoms with van der Waals surface area (Å²) in [6.45, 7) is 7.62. The average Bonchev–Trinajstić information content (AvgIpc) is 2.56. The minimum atomic E-state index is -0.891. The number of hydrogen-bond donors (Lipinski definition) is 0. The lowest BCUT2D eigenvalue weighted by molar-refractivity contribution is -0.0372. The molecule has 0 N–H and O–H groups in total. The molecule has 1 aromatic heterocycles. The van der Waals surface area contributed by atoms with Gasteiger partial charge in [0.15, 0.2) is 0 Å². The highest BCUT2D eigenvalue weighted by Crippen LogP contribution is 2.40. The molecule has 0 saturated carbocycles. The molecule has 1 atom stereocenters. The van der Waals surface area contributed by atoms with Crippen molar-refractivity contribution in [3.8, 4) is 11.3 Å². The third kappa shape index (κ3) is 3.23. The molecule has 6 heteroatoms. The second-order valence-corrected chi connectivity index (χ2v) is 6.77. The average molecular weight is 370 g/mol. The maximum absolute atomic E-state index is 14.5. The summed E-state index contributed by atoms with van der Waals surface area (Å²) in [6, 6.07) is 5.08. The number of pyridine rings is 1. The molecule has 1 aromatic carbocycles. The van der Waals surface area contributed by atoms with Gasteiger partial charge in [-0.3, -0.25) is 4.79 Å². The zero-order valence-electron chi connectivity index (χ0n) is 15.0. The van der Waals surface area contributed by atoms with Crippen LogP contribution in [-0.4, -0.2) is 11.7 Å². The Morgan fingerprint density at radius 1 is 1.28 bits per heavy atom. The lowest BCUT2D eigenvalue weighted by Gasteiger charge is -2.35. The van der Waals surface area contributed by atoms with E-state index in [-0.39, 0.29) is 28.7 Å². The second kappa shape index (κ2) is 7.26. The number of nitrogens with zero attached hydrogens (tertiary/aromatic N) is 1. The molecule has 0 aliphatic rings. The van der Waals surface area contributed by atoms with Crippen LogP contribution in [0, 0.1) is 17.6 Å². The highest BCUT2D eigenvalue weighted by Gasteiger charge is 2.36. The van der Waals surface area contributed by atoms with Crippen molar-refractivity contribution in [1.29, 1.82) is 0 Å². The van der Waals surface area contributed by atoms with Crippen molar-refractivity contribution in [2.45, 2.75) is 39.8 Å². The number of benzene rings is 1. The molecule has 0 aliphatic carbocycles. The zero-order chi connectivity index (χ0) is 18.9. The summed E-state index contributed by atoms with van der Waals surface area (Å²) in [5.74, 6) is -1.52. The summed E-state index contributed by atoms with van der Waals surface area (Å²) < 4.78 is 36.1. The Morgan fingerprint density at radius 2 is 1.84 bits per heavy atom. The van der Waals surface area contributed by atoms with Gasteiger partial charge in [0.2, 0.25) is 0 Å². The van der Waals surface area contributed by atoms with Crippen molar-refractivity contribution in [2.75, 3.05) is 7.11 Å². The molecule has 0 radical (unpaired) electrons. The summed E-state index contributed by atoms with van der Waals surface area (Å²) in [5, 5.41) is -0.0127. The fraction of sp³-hybridized carbons (Fsp3) is 0.421. The van der Waals surface area contributed by atoms with E-state index in [2.05, 4.69) is 0 Å². The maximum Gasteiger partial charge on any atom is 0.269 e. The van der Waals surface area contributed by atoms with Gasteiger partial charge in [-0.05, 0) is 38.0 Å². The fourth-order valence-corrected chi connectivity index (χ4v) is 3.17. The molecular formula is C19H22ClF2NO2. The van der Waals surface area contributed by atoms with E-state index >= 15 is 0 Å². The Balaban J connectivity index is 3.05. The van der Waals surface area contributed by atoms with Crippen molar-refractivity contribution >= 4 is 11.6 Å². The predicted molar refractivity (Wildman–Crippen MR) is 95.9 cm³/mol. The van der Waals surface area contributed by atoms with Crippen LogP contribution >= 0.6 is 11.6 Å². The Labute approximate surface area is 151 Å². The number of methoxy groups -OCH3 is 1. The molecule has 0 amide bonds. The van der Waals surface area contributed by atoms with E-state index in [0.717, 1.165) is 0 Å². The Hall–Kier alpha value is -1.72. The van der Waals surface area contributed by atoms with E-state index in [4.69, 9.17) is 16.3 Å². The van der Waals surface area contributed by atoms with Crippen LogP contribution in [0.25, 0.3) is 11.3 Å². The maximum atomic E-state index is 14.5. The van der Waals surface area contributed by atoms with Crippen LogP contribution in [-0.2, 0) is 16.9 Å². The molecule has 0 spiro atoms. The molecule has 2 aromatic rings. The molecule has 0 bridgehead atoms. The smallest absolute Gasteiger partial charge is 0.269 e. The van der Waals surface area contributed by atoms with Gasteiger partial charge in [0.1, 0.15) is 16.7 Å². The van der Waals surface area contributed by atoms with Crippen molar-refractivity contribution in [3.05, 3.63) is 56.8 Å². The van der Waals surface area contributed by atoms with Crippen LogP contribution in [0.15, 0.2) is 29.1 Å². The summed E-state index contributed by atoms with van der Waals surface area (Å²) in [5.41, 5.74) is -1.01. The molecule has 0 saturated heterocycles. The van der Waals surface area contributed by atoms with Gasteiger partial charge in [-0.2, -0.15) is 0 Å². The lowest BCUT2D eigenvalue weighted by Crippen LogP contribution is -2.35. The number of ether oxygens (including phenoxy) is 1. The van der Waals surface area contributed by atoms with Crippen LogP contribution < -0.4 is 5.56 Å². The van der Waals surface area contributed by atoms with Crippen molar-refractivity contribution in [1.82, 2.24) is 4.57 Å². The van der Waals surface area contributed by atoms with E-state index < -0.39 is 22.8 Å². The highest BCUT2D eigenvalue weighted by atomic mass is 35.5. The molecular weight excluding hydrogens is 348 g/mol. The van der Waals surface area contributed by atoms with Gasteiger partial charge in [0.05, 0.1) is 16.9 Å². The number of halogens is 3. The van der Waals surface area contributed by atoms with Crippen molar-refractivity contribution in [3.63, 3.8) is 0 Å². The Bertz CT molecular complexity index is 828. The fourth-order valence-electron chi connectivity index (χ4n) is 2.96. The summed E-state index contributed by atoms with van der Waals surface area (Å²) in [6.07, 6.45) is 0. The predicted octanol–water partition coefficient (Wildman–Crippen LogP) is 4.98. The second-order valence-electron chi connectivity index (χ2n) is 6.37. The van der Waals surface area contributed by atoms with Gasteiger partial charge in [-0.25, -0.2) is 8.78 Å². The molecule has 2 rings (SSSR count). The van der Waals surface area contributed by atoms with E-state index in [9.17, 15) is 13.6 Å². The number of aromatic nitrogens is 1. The van der Waals surface area contributed by atoms with Gasteiger partial charge in [0, 0.05) is 19.2 Å². The van der Waals surface area contributed by atoms with Crippen LogP contribution in [0.5, 0.6) is 0 Å². The first-order chi connectivity index (χ1) is 11.7. The van der Waals surface area contributed by atoms with Crippen LogP contribution in [0.4, 0.5) is 8.78 Å². The van der Waals surface area contributed by atoms with Crippen molar-refractivity contribution in [2.24, 2.45) is 5.92 Å². The number of hydrogen-bond acceptors (Lipinski definition) is 2. The molecule has 1 heterocycles. The van der Waals surface area contributed by atoms with E-state index in [1.807, 2.05) is 20.8 Å². The third-order valence-corrected chi connectivity index (χ3v) is 5.09. The highest BCUT2D eigenvalue weighted by molar-refractivity contribution is 6.30. The van der Waals surface area contributed by atoms with Crippen LogP contribution in [0.2, 0.25) is 5.02 Å². The van der Waals surface area contributed by atoms with Gasteiger partial charge in [-0.1, -0.05) is 31.5 Å². The molecule has 1 unspecified atom stereocenters. The monoisotopic (exact) mass is 369 g/mol. The van der Waals surface area contributed by atoms with E-state index in [0.29, 0.717) is 5.56 Å². The summed E-state index contributed by atoms with van der Waals surface area (Å²) in [4.78, 5) is 12.5. The minimum Gasteiger partial charge on any atom is -0.373 e. The van der Waals surface area contributed by atoms with Gasteiger partial charge < -0.3 is 9.30 Å². The summed E-state index contributed by atoms with van der Waals surface area (Å²) >= 11 is 6.13. The molecule has 0 fully saturated rings. The molecule has 0 aliphatic heterocycles. The zero-order valence-corrected chi connectivity index (χ0v) is 15.7. The van der Waals surface area contributed by atoms with Gasteiger partial charge in [0.25, 0.3) is 5.56 Å². The van der Waals surface area contributed by atoms with Gasteiger partial charge in [-0.15, -0.1) is 0 Å². The molecule has 3 nitrogen and oxygen atoms in total. The number of rotatable bonds is 5. The first kappa shape index (κ1) is 19.6. The van der Waals surface area contributed by atoms with Gasteiger partial charge >= 0.3 is 0 Å². The van der Waals surface area contributed by atoms with Crippen molar-refractivity contribution < 1.29 is 13.5 Å². The molecule has 25 heavy (non-hydrogen) atoms. The van der Waals surface area contributed by atoms with E-state index in [1.54, 1.807) is 6.92 Å².